The molecule has 0 spiro atoms. The third-order valence-electron chi connectivity index (χ3n) is 1.54. The first-order valence-electron chi connectivity index (χ1n) is 3.92. The molecule has 0 aliphatic carbocycles. The molecule has 0 aliphatic rings. The Labute approximate surface area is 86.1 Å². The van der Waals surface area contributed by atoms with Crippen molar-refractivity contribution in [3.63, 3.8) is 0 Å². The zero-order valence-electron chi connectivity index (χ0n) is 7.65. The van der Waals surface area contributed by atoms with E-state index in [1.807, 2.05) is 13.0 Å². The summed E-state index contributed by atoms with van der Waals surface area (Å²) in [5.41, 5.74) is 6.33. The largest absolute Gasteiger partial charge is 0.366 e. The number of nitrogens with two attached hydrogens (primary N) is 1. The summed E-state index contributed by atoms with van der Waals surface area (Å²) in [5, 5.41) is 8.94. The minimum absolute atomic E-state index is 0.261. The summed E-state index contributed by atoms with van der Waals surface area (Å²) in [6, 6.07) is 5.32. The number of hydrogen-bond acceptors (Lipinski definition) is 4. The molecule has 0 radical (unpaired) electrons. The molecule has 1 heterocycles. The molecular formula is C9H9N3OS. The van der Waals surface area contributed by atoms with Gasteiger partial charge in [-0.15, -0.1) is 0 Å². The van der Waals surface area contributed by atoms with Gasteiger partial charge in [0.1, 0.15) is 5.03 Å². The van der Waals surface area contributed by atoms with Crippen LogP contribution in [-0.2, 0) is 0 Å². The summed E-state index contributed by atoms with van der Waals surface area (Å²) < 4.78 is 0. The molecule has 5 heteroatoms. The standard InChI is InChI=1S/C9H9N3OS/c1-6-2-3-7(8(11)13)9(12-6)14-5-4-10/h2-3H,5H2,1H3,(H2,11,13). The van der Waals surface area contributed by atoms with Crippen LogP contribution in [0.4, 0.5) is 0 Å². The summed E-state index contributed by atoms with van der Waals surface area (Å²) in [7, 11) is 0. The van der Waals surface area contributed by atoms with E-state index in [1.54, 1.807) is 12.1 Å². The van der Waals surface area contributed by atoms with Gasteiger partial charge in [0.15, 0.2) is 0 Å². The van der Waals surface area contributed by atoms with Crippen molar-refractivity contribution in [2.75, 3.05) is 5.75 Å². The zero-order valence-corrected chi connectivity index (χ0v) is 8.47. The average molecular weight is 207 g/mol. The molecule has 1 rings (SSSR count). The fourth-order valence-corrected chi connectivity index (χ4v) is 1.67. The van der Waals surface area contributed by atoms with E-state index in [2.05, 4.69) is 4.98 Å². The number of primary amides is 1. The van der Waals surface area contributed by atoms with Crippen molar-refractivity contribution < 1.29 is 4.79 Å². The van der Waals surface area contributed by atoms with E-state index in [0.29, 0.717) is 10.6 Å². The Balaban J connectivity index is 3.04. The predicted molar refractivity (Wildman–Crippen MR) is 53.8 cm³/mol. The van der Waals surface area contributed by atoms with Crippen LogP contribution < -0.4 is 5.73 Å². The highest BCUT2D eigenvalue weighted by atomic mass is 32.2. The van der Waals surface area contributed by atoms with Gasteiger partial charge < -0.3 is 5.73 Å². The fraction of sp³-hybridized carbons (Fsp3) is 0.222. The lowest BCUT2D eigenvalue weighted by atomic mass is 10.2. The van der Waals surface area contributed by atoms with Gasteiger partial charge in [-0.2, -0.15) is 5.26 Å². The van der Waals surface area contributed by atoms with Gasteiger partial charge in [-0.25, -0.2) is 4.98 Å². The van der Waals surface area contributed by atoms with Crippen LogP contribution in [0, 0.1) is 18.3 Å². The van der Waals surface area contributed by atoms with Gasteiger partial charge in [0.25, 0.3) is 5.91 Å². The fourth-order valence-electron chi connectivity index (χ4n) is 0.931. The highest BCUT2D eigenvalue weighted by molar-refractivity contribution is 7.99. The molecule has 0 bridgehead atoms. The van der Waals surface area contributed by atoms with E-state index in [-0.39, 0.29) is 5.75 Å². The number of carbonyl (C=O) groups is 1. The molecule has 2 N–H and O–H groups in total. The summed E-state index contributed by atoms with van der Waals surface area (Å²) >= 11 is 1.22. The number of hydrogen-bond donors (Lipinski definition) is 1. The van der Waals surface area contributed by atoms with Crippen LogP contribution >= 0.6 is 11.8 Å². The van der Waals surface area contributed by atoms with Gasteiger partial charge >= 0.3 is 0 Å². The minimum Gasteiger partial charge on any atom is -0.366 e. The lowest BCUT2D eigenvalue weighted by Crippen LogP contribution is -2.13. The maximum atomic E-state index is 11.0. The monoisotopic (exact) mass is 207 g/mol. The third kappa shape index (κ3) is 2.47. The molecule has 0 aromatic carbocycles. The number of aryl methyl sites for hydroxylation is 1. The van der Waals surface area contributed by atoms with E-state index < -0.39 is 5.91 Å². The van der Waals surface area contributed by atoms with Gasteiger partial charge in [0, 0.05) is 5.69 Å². The highest BCUT2D eigenvalue weighted by Crippen LogP contribution is 2.19. The Kier molecular flexibility index (Phi) is 3.48. The number of amides is 1. The number of rotatable bonds is 3. The van der Waals surface area contributed by atoms with Crippen LogP contribution in [0.3, 0.4) is 0 Å². The Morgan fingerprint density at radius 3 is 3.00 bits per heavy atom. The number of aromatic nitrogens is 1. The first-order valence-corrected chi connectivity index (χ1v) is 4.91. The van der Waals surface area contributed by atoms with E-state index in [1.165, 1.54) is 11.8 Å². The Hall–Kier alpha value is -1.54. The second-order valence-electron chi connectivity index (χ2n) is 2.62. The molecule has 0 aliphatic heterocycles. The number of nitriles is 1. The van der Waals surface area contributed by atoms with E-state index >= 15 is 0 Å². The van der Waals surface area contributed by atoms with E-state index in [4.69, 9.17) is 11.0 Å². The lowest BCUT2D eigenvalue weighted by molar-refractivity contribution is 0.0997. The van der Waals surface area contributed by atoms with E-state index in [0.717, 1.165) is 5.69 Å². The van der Waals surface area contributed by atoms with Crippen LogP contribution in [0.25, 0.3) is 0 Å². The molecule has 72 valence electrons. The van der Waals surface area contributed by atoms with Crippen molar-refractivity contribution >= 4 is 17.7 Å². The maximum absolute atomic E-state index is 11.0. The van der Waals surface area contributed by atoms with Crippen molar-refractivity contribution in [3.05, 3.63) is 23.4 Å². The highest BCUT2D eigenvalue weighted by Gasteiger charge is 2.09. The van der Waals surface area contributed by atoms with Gasteiger partial charge in [-0.1, -0.05) is 11.8 Å². The van der Waals surface area contributed by atoms with Gasteiger partial charge in [-0.05, 0) is 19.1 Å². The SMILES string of the molecule is Cc1ccc(C(N)=O)c(SCC#N)n1. The average Bonchev–Trinajstić information content (AvgIpc) is 2.14. The number of pyridine rings is 1. The maximum Gasteiger partial charge on any atom is 0.251 e. The summed E-state index contributed by atoms with van der Waals surface area (Å²) in [4.78, 5) is 15.1. The molecule has 4 nitrogen and oxygen atoms in total. The molecule has 0 fully saturated rings. The second kappa shape index (κ2) is 4.63. The first kappa shape index (κ1) is 10.5. The second-order valence-corrected chi connectivity index (χ2v) is 3.58. The number of nitrogens with zero attached hydrogens (tertiary/aromatic N) is 2. The van der Waals surface area contributed by atoms with Crippen molar-refractivity contribution in [1.82, 2.24) is 4.98 Å². The van der Waals surface area contributed by atoms with Crippen LogP contribution in [0.2, 0.25) is 0 Å². The number of thioether (sulfide) groups is 1. The molecular weight excluding hydrogens is 198 g/mol. The topological polar surface area (TPSA) is 79.8 Å². The van der Waals surface area contributed by atoms with Crippen molar-refractivity contribution in [3.8, 4) is 6.07 Å². The summed E-state index contributed by atoms with van der Waals surface area (Å²) in [5.74, 6) is -0.255. The van der Waals surface area contributed by atoms with E-state index in [9.17, 15) is 4.79 Å². The van der Waals surface area contributed by atoms with Gasteiger partial charge in [0.05, 0.1) is 17.4 Å². The van der Waals surface area contributed by atoms with Gasteiger partial charge in [0.2, 0.25) is 0 Å². The van der Waals surface area contributed by atoms with Gasteiger partial charge in [-0.3, -0.25) is 4.79 Å². The molecule has 14 heavy (non-hydrogen) atoms. The Bertz CT molecular complexity index is 398. The van der Waals surface area contributed by atoms with Crippen molar-refractivity contribution in [2.45, 2.75) is 11.9 Å². The predicted octanol–water partition coefficient (Wildman–Crippen LogP) is 1.10. The van der Waals surface area contributed by atoms with Crippen LogP contribution in [0.1, 0.15) is 16.1 Å². The summed E-state index contributed by atoms with van der Waals surface area (Å²) in [6.07, 6.45) is 0. The Morgan fingerprint density at radius 2 is 2.43 bits per heavy atom. The molecule has 1 aromatic heterocycles. The van der Waals surface area contributed by atoms with Crippen molar-refractivity contribution in [1.29, 1.82) is 5.26 Å². The zero-order chi connectivity index (χ0) is 10.6. The minimum atomic E-state index is -0.516. The smallest absolute Gasteiger partial charge is 0.251 e. The van der Waals surface area contributed by atoms with Crippen molar-refractivity contribution in [2.24, 2.45) is 5.73 Å². The van der Waals surface area contributed by atoms with Crippen LogP contribution in [-0.4, -0.2) is 16.6 Å². The molecule has 0 atom stereocenters. The third-order valence-corrected chi connectivity index (χ3v) is 2.40. The molecule has 1 aromatic rings. The molecule has 1 amide bonds. The number of carbonyl (C=O) groups excluding carboxylic acids is 1. The molecule has 0 saturated heterocycles. The quantitative estimate of drug-likeness (QED) is 0.753. The normalized spacial score (nSPS) is 9.43. The Morgan fingerprint density at radius 1 is 1.71 bits per heavy atom. The van der Waals surface area contributed by atoms with Crippen LogP contribution in [0.15, 0.2) is 17.2 Å². The summed E-state index contributed by atoms with van der Waals surface area (Å²) in [6.45, 7) is 1.82. The van der Waals surface area contributed by atoms with Crippen LogP contribution in [0.5, 0.6) is 0 Å². The first-order chi connectivity index (χ1) is 6.65. The molecule has 0 saturated carbocycles. The lowest BCUT2D eigenvalue weighted by Gasteiger charge is -2.03. The molecule has 0 unspecified atom stereocenters.